The maximum Gasteiger partial charge on any atom is 0.252 e. The van der Waals surface area contributed by atoms with Crippen LogP contribution in [0, 0.1) is 0 Å². The van der Waals surface area contributed by atoms with Gasteiger partial charge in [-0.1, -0.05) is 22.0 Å². The summed E-state index contributed by atoms with van der Waals surface area (Å²) in [5, 5.41) is 2.90. The second-order valence-corrected chi connectivity index (χ2v) is 5.76. The van der Waals surface area contributed by atoms with Gasteiger partial charge in [-0.05, 0) is 52.2 Å². The van der Waals surface area contributed by atoms with Crippen molar-refractivity contribution in [2.75, 3.05) is 6.54 Å². The monoisotopic (exact) mass is 382 g/mol. The summed E-state index contributed by atoms with van der Waals surface area (Å²) in [5.41, 5.74) is 1.73. The molecule has 1 aromatic heterocycles. The minimum Gasteiger partial charge on any atom is -0.352 e. The van der Waals surface area contributed by atoms with Gasteiger partial charge in [-0.15, -0.1) is 0 Å². The molecular weight excluding hydrogens is 372 g/mol. The first-order valence-electron chi connectivity index (χ1n) is 5.79. The first-order valence-corrected chi connectivity index (χ1v) is 7.37. The van der Waals surface area contributed by atoms with Crippen LogP contribution in [0.3, 0.4) is 0 Å². The average Bonchev–Trinajstić information content (AvgIpc) is 2.42. The van der Waals surface area contributed by atoms with Gasteiger partial charge in [-0.2, -0.15) is 0 Å². The molecule has 1 N–H and O–H groups in total. The van der Waals surface area contributed by atoms with Gasteiger partial charge in [0.05, 0.1) is 5.56 Å². The quantitative estimate of drug-likeness (QED) is 0.876. The van der Waals surface area contributed by atoms with Gasteiger partial charge in [0.25, 0.3) is 5.91 Å². The third-order valence-corrected chi connectivity index (χ3v) is 3.78. The number of nitrogens with one attached hydrogen (secondary N) is 1. The lowest BCUT2D eigenvalue weighted by molar-refractivity contribution is 0.0953. The SMILES string of the molecule is O=C(NCCc1cccnc1)c1cc(Br)ccc1Br. The Labute approximate surface area is 128 Å². The number of rotatable bonds is 4. The molecule has 0 aliphatic carbocycles. The zero-order valence-corrected chi connectivity index (χ0v) is 13.2. The molecule has 2 rings (SSSR count). The molecule has 5 heteroatoms. The number of hydrogen-bond donors (Lipinski definition) is 1. The summed E-state index contributed by atoms with van der Waals surface area (Å²) >= 11 is 6.74. The minimum atomic E-state index is -0.0861. The zero-order valence-electron chi connectivity index (χ0n) is 10.1. The van der Waals surface area contributed by atoms with Gasteiger partial charge in [0, 0.05) is 27.9 Å². The summed E-state index contributed by atoms with van der Waals surface area (Å²) in [6.07, 6.45) is 4.31. The summed E-state index contributed by atoms with van der Waals surface area (Å²) in [4.78, 5) is 16.1. The number of aromatic nitrogens is 1. The molecule has 1 heterocycles. The van der Waals surface area contributed by atoms with Gasteiger partial charge in [-0.25, -0.2) is 0 Å². The van der Waals surface area contributed by atoms with Gasteiger partial charge < -0.3 is 5.32 Å². The summed E-state index contributed by atoms with van der Waals surface area (Å²) in [6, 6.07) is 9.41. The van der Waals surface area contributed by atoms with Crippen LogP contribution in [0.5, 0.6) is 0 Å². The number of halogens is 2. The molecule has 3 nitrogen and oxygen atoms in total. The van der Waals surface area contributed by atoms with E-state index in [2.05, 4.69) is 42.2 Å². The fraction of sp³-hybridized carbons (Fsp3) is 0.143. The van der Waals surface area contributed by atoms with Crippen molar-refractivity contribution >= 4 is 37.8 Å². The summed E-state index contributed by atoms with van der Waals surface area (Å²) in [5.74, 6) is -0.0861. The van der Waals surface area contributed by atoms with Crippen LogP contribution in [0.1, 0.15) is 15.9 Å². The van der Waals surface area contributed by atoms with Gasteiger partial charge in [0.15, 0.2) is 0 Å². The fourth-order valence-corrected chi connectivity index (χ4v) is 2.42. The molecule has 0 atom stereocenters. The van der Waals surface area contributed by atoms with Crippen LogP contribution in [0.25, 0.3) is 0 Å². The Morgan fingerprint density at radius 1 is 1.26 bits per heavy atom. The average molecular weight is 384 g/mol. The Kier molecular flexibility index (Phi) is 5.10. The van der Waals surface area contributed by atoms with Crippen LogP contribution in [-0.2, 0) is 6.42 Å². The van der Waals surface area contributed by atoms with Crippen molar-refractivity contribution in [1.82, 2.24) is 10.3 Å². The molecule has 1 aromatic carbocycles. The fourth-order valence-electron chi connectivity index (χ4n) is 1.63. The molecule has 19 heavy (non-hydrogen) atoms. The van der Waals surface area contributed by atoms with Gasteiger partial charge in [0.2, 0.25) is 0 Å². The van der Waals surface area contributed by atoms with Gasteiger partial charge in [-0.3, -0.25) is 9.78 Å². The molecule has 0 aliphatic rings. The van der Waals surface area contributed by atoms with Crippen LogP contribution in [0.15, 0.2) is 51.7 Å². The Morgan fingerprint density at radius 2 is 2.11 bits per heavy atom. The van der Waals surface area contributed by atoms with E-state index in [4.69, 9.17) is 0 Å². The molecule has 0 spiro atoms. The predicted octanol–water partition coefficient (Wildman–Crippen LogP) is 3.58. The number of benzene rings is 1. The van der Waals surface area contributed by atoms with Gasteiger partial charge >= 0.3 is 0 Å². The third-order valence-electron chi connectivity index (χ3n) is 2.60. The number of amides is 1. The van der Waals surface area contributed by atoms with E-state index in [-0.39, 0.29) is 5.91 Å². The molecule has 98 valence electrons. The van der Waals surface area contributed by atoms with Crippen LogP contribution in [0.2, 0.25) is 0 Å². The van der Waals surface area contributed by atoms with Crippen molar-refractivity contribution in [2.45, 2.75) is 6.42 Å². The zero-order chi connectivity index (χ0) is 13.7. The van der Waals surface area contributed by atoms with Crippen molar-refractivity contribution in [3.05, 3.63) is 62.8 Å². The second-order valence-electron chi connectivity index (χ2n) is 3.99. The van der Waals surface area contributed by atoms with Crippen LogP contribution in [0.4, 0.5) is 0 Å². The highest BCUT2D eigenvalue weighted by atomic mass is 79.9. The molecular formula is C14H12Br2N2O. The third kappa shape index (κ3) is 4.14. The topological polar surface area (TPSA) is 42.0 Å². The van der Waals surface area contributed by atoms with Crippen LogP contribution in [-0.4, -0.2) is 17.4 Å². The smallest absolute Gasteiger partial charge is 0.252 e. The first-order chi connectivity index (χ1) is 9.16. The highest BCUT2D eigenvalue weighted by molar-refractivity contribution is 9.11. The van der Waals surface area contributed by atoms with E-state index in [0.29, 0.717) is 12.1 Å². The van der Waals surface area contributed by atoms with E-state index >= 15 is 0 Å². The summed E-state index contributed by atoms with van der Waals surface area (Å²) in [6.45, 7) is 0.587. The van der Waals surface area contributed by atoms with Crippen molar-refractivity contribution in [2.24, 2.45) is 0 Å². The normalized spacial score (nSPS) is 10.2. The first kappa shape index (κ1) is 14.2. The standard InChI is InChI=1S/C14H12Br2N2O/c15-11-3-4-13(16)12(8-11)14(19)18-7-5-10-2-1-6-17-9-10/h1-4,6,8-9H,5,7H2,(H,18,19). The Morgan fingerprint density at radius 3 is 2.84 bits per heavy atom. The maximum atomic E-state index is 12.0. The number of pyridine rings is 1. The predicted molar refractivity (Wildman–Crippen MR) is 82.1 cm³/mol. The largest absolute Gasteiger partial charge is 0.352 e. The van der Waals surface area contributed by atoms with E-state index in [1.54, 1.807) is 18.5 Å². The highest BCUT2D eigenvalue weighted by Gasteiger charge is 2.09. The number of nitrogens with zero attached hydrogens (tertiary/aromatic N) is 1. The van der Waals surface area contributed by atoms with E-state index < -0.39 is 0 Å². The van der Waals surface area contributed by atoms with E-state index in [0.717, 1.165) is 20.9 Å². The van der Waals surface area contributed by atoms with Gasteiger partial charge in [0.1, 0.15) is 0 Å². The molecule has 1 amide bonds. The molecule has 2 aromatic rings. The minimum absolute atomic E-state index is 0.0861. The van der Waals surface area contributed by atoms with Crippen LogP contribution < -0.4 is 5.32 Å². The molecule has 0 bridgehead atoms. The molecule has 0 radical (unpaired) electrons. The molecule has 0 unspecified atom stereocenters. The lowest BCUT2D eigenvalue weighted by Gasteiger charge is -2.07. The van der Waals surface area contributed by atoms with Crippen molar-refractivity contribution in [3.8, 4) is 0 Å². The molecule has 0 saturated heterocycles. The van der Waals surface area contributed by atoms with E-state index in [1.165, 1.54) is 0 Å². The summed E-state index contributed by atoms with van der Waals surface area (Å²) < 4.78 is 1.67. The van der Waals surface area contributed by atoms with E-state index in [9.17, 15) is 4.79 Å². The maximum absolute atomic E-state index is 12.0. The lowest BCUT2D eigenvalue weighted by atomic mass is 10.2. The molecule has 0 aliphatic heterocycles. The Hall–Kier alpha value is -1.20. The second kappa shape index (κ2) is 6.82. The Balaban J connectivity index is 1.93. The number of carbonyl (C=O) groups is 1. The van der Waals surface area contributed by atoms with Crippen LogP contribution >= 0.6 is 31.9 Å². The lowest BCUT2D eigenvalue weighted by Crippen LogP contribution is -2.26. The van der Waals surface area contributed by atoms with Crippen molar-refractivity contribution in [1.29, 1.82) is 0 Å². The van der Waals surface area contributed by atoms with Crippen molar-refractivity contribution in [3.63, 3.8) is 0 Å². The number of carbonyl (C=O) groups excluding carboxylic acids is 1. The molecule has 0 saturated carbocycles. The summed E-state index contributed by atoms with van der Waals surface area (Å²) in [7, 11) is 0. The molecule has 0 fully saturated rings. The number of hydrogen-bond acceptors (Lipinski definition) is 2. The van der Waals surface area contributed by atoms with Crippen molar-refractivity contribution < 1.29 is 4.79 Å². The van der Waals surface area contributed by atoms with E-state index in [1.807, 2.05) is 24.3 Å². The highest BCUT2D eigenvalue weighted by Crippen LogP contribution is 2.21. The Bertz CT molecular complexity index is 573.